The van der Waals surface area contributed by atoms with Crippen molar-refractivity contribution in [3.05, 3.63) is 39.5 Å². The molecule has 6 nitrogen and oxygen atoms in total. The van der Waals surface area contributed by atoms with Crippen LogP contribution in [0.15, 0.2) is 30.3 Å². The summed E-state index contributed by atoms with van der Waals surface area (Å²) in [6.07, 6.45) is 1.21. The van der Waals surface area contributed by atoms with Gasteiger partial charge in [0, 0.05) is 37.1 Å². The average molecular weight is 502 g/mol. The predicted octanol–water partition coefficient (Wildman–Crippen LogP) is 4.74. The topological polar surface area (TPSA) is 54.9 Å². The van der Waals surface area contributed by atoms with E-state index in [-0.39, 0.29) is 18.3 Å². The van der Waals surface area contributed by atoms with Crippen molar-refractivity contribution in [2.24, 2.45) is 0 Å². The number of nitrogens with zero attached hydrogens (tertiary/aromatic N) is 3. The number of fused-ring (bicyclic) bond motifs is 1. The summed E-state index contributed by atoms with van der Waals surface area (Å²) in [6.45, 7) is 5.02. The van der Waals surface area contributed by atoms with E-state index in [9.17, 15) is 4.79 Å². The number of rotatable bonds is 8. The Morgan fingerprint density at radius 1 is 1.26 bits per heavy atom. The third kappa shape index (κ3) is 6.31. The van der Waals surface area contributed by atoms with Gasteiger partial charge in [-0.1, -0.05) is 22.9 Å². The number of carbonyl (C=O) groups is 1. The van der Waals surface area contributed by atoms with Crippen LogP contribution < -0.4 is 9.64 Å². The predicted molar refractivity (Wildman–Crippen MR) is 131 cm³/mol. The van der Waals surface area contributed by atoms with Crippen LogP contribution in [0.3, 0.4) is 0 Å². The number of anilines is 1. The fourth-order valence-corrected chi connectivity index (χ4v) is 5.50. The zero-order valence-corrected chi connectivity index (χ0v) is 20.4. The SMILES string of the molecule is COc1ccc2sc(N(CCCN3CCOCC3)C(=O)Cc3ccc(Cl)s3)nc2c1.Cl. The number of thiazole rings is 1. The molecule has 3 heterocycles. The molecule has 1 aliphatic rings. The van der Waals surface area contributed by atoms with E-state index in [1.165, 1.54) is 22.7 Å². The van der Waals surface area contributed by atoms with Gasteiger partial charge in [0.05, 0.1) is 41.3 Å². The van der Waals surface area contributed by atoms with E-state index in [1.54, 1.807) is 7.11 Å². The van der Waals surface area contributed by atoms with Gasteiger partial charge in [-0.25, -0.2) is 4.98 Å². The molecule has 3 aromatic rings. The summed E-state index contributed by atoms with van der Waals surface area (Å²) < 4.78 is 12.5. The number of hydrogen-bond donors (Lipinski definition) is 0. The van der Waals surface area contributed by atoms with E-state index < -0.39 is 0 Å². The molecule has 0 spiro atoms. The third-order valence-corrected chi connectivity index (χ3v) is 7.32. The van der Waals surface area contributed by atoms with Gasteiger partial charge in [0.1, 0.15) is 5.75 Å². The highest BCUT2D eigenvalue weighted by Crippen LogP contribution is 2.32. The normalized spacial score (nSPS) is 14.4. The van der Waals surface area contributed by atoms with E-state index in [2.05, 4.69) is 4.90 Å². The van der Waals surface area contributed by atoms with Gasteiger partial charge < -0.3 is 9.47 Å². The lowest BCUT2D eigenvalue weighted by Crippen LogP contribution is -2.39. The minimum Gasteiger partial charge on any atom is -0.497 e. The number of aromatic nitrogens is 1. The Balaban J connectivity index is 0.00000272. The molecule has 0 aliphatic carbocycles. The first-order chi connectivity index (χ1) is 14.6. The number of methoxy groups -OCH3 is 1. The number of halogens is 2. The standard InChI is InChI=1S/C21H24ClN3O3S2.ClH/c1-27-15-3-5-18-17(13-15)23-21(30-18)25(8-2-7-24-9-11-28-12-10-24)20(26)14-16-4-6-19(22)29-16;/h3-6,13H,2,7-12,14H2,1H3;1H. The lowest BCUT2D eigenvalue weighted by molar-refractivity contribution is -0.118. The molecule has 31 heavy (non-hydrogen) atoms. The Bertz CT molecular complexity index is 1000. The Morgan fingerprint density at radius 3 is 2.77 bits per heavy atom. The monoisotopic (exact) mass is 501 g/mol. The maximum atomic E-state index is 13.2. The van der Waals surface area contributed by atoms with Crippen molar-refractivity contribution in [3.8, 4) is 5.75 Å². The first-order valence-electron chi connectivity index (χ1n) is 9.91. The summed E-state index contributed by atoms with van der Waals surface area (Å²) in [4.78, 5) is 23.1. The first kappa shape index (κ1) is 24.2. The highest BCUT2D eigenvalue weighted by atomic mass is 35.5. The maximum absolute atomic E-state index is 13.2. The second-order valence-electron chi connectivity index (χ2n) is 7.07. The quantitative estimate of drug-likeness (QED) is 0.446. The van der Waals surface area contributed by atoms with Gasteiger partial charge in [-0.2, -0.15) is 0 Å². The van der Waals surface area contributed by atoms with E-state index >= 15 is 0 Å². The number of amides is 1. The fourth-order valence-electron chi connectivity index (χ4n) is 3.43. The molecule has 10 heteroatoms. The Kier molecular flexibility index (Phi) is 8.95. The van der Waals surface area contributed by atoms with Crippen LogP contribution in [0.25, 0.3) is 10.2 Å². The van der Waals surface area contributed by atoms with Gasteiger partial charge >= 0.3 is 0 Å². The van der Waals surface area contributed by atoms with E-state index in [0.717, 1.165) is 65.2 Å². The summed E-state index contributed by atoms with van der Waals surface area (Å²) >= 11 is 9.03. The maximum Gasteiger partial charge on any atom is 0.234 e. The van der Waals surface area contributed by atoms with Crippen LogP contribution in [0.5, 0.6) is 5.75 Å². The molecule has 168 valence electrons. The number of ether oxygens (including phenoxy) is 2. The molecule has 1 aromatic carbocycles. The first-order valence-corrected chi connectivity index (χ1v) is 11.9. The zero-order chi connectivity index (χ0) is 20.9. The molecular weight excluding hydrogens is 477 g/mol. The Morgan fingerprint density at radius 2 is 2.06 bits per heavy atom. The third-order valence-electron chi connectivity index (χ3n) is 5.03. The van der Waals surface area contributed by atoms with Crippen molar-refractivity contribution in [1.29, 1.82) is 0 Å². The molecule has 0 unspecified atom stereocenters. The van der Waals surface area contributed by atoms with Crippen molar-refractivity contribution >= 4 is 67.9 Å². The largest absolute Gasteiger partial charge is 0.497 e. The molecule has 0 N–H and O–H groups in total. The molecule has 1 fully saturated rings. The highest BCUT2D eigenvalue weighted by molar-refractivity contribution is 7.22. The van der Waals surface area contributed by atoms with Gasteiger partial charge in [0.15, 0.2) is 5.13 Å². The van der Waals surface area contributed by atoms with Gasteiger partial charge in [0.2, 0.25) is 5.91 Å². The zero-order valence-electron chi connectivity index (χ0n) is 17.2. The van der Waals surface area contributed by atoms with Crippen molar-refractivity contribution < 1.29 is 14.3 Å². The number of hydrogen-bond acceptors (Lipinski definition) is 7. The molecule has 1 saturated heterocycles. The molecule has 2 aromatic heterocycles. The molecular formula is C21H25Cl2N3O3S2. The smallest absolute Gasteiger partial charge is 0.234 e. The number of morpholine rings is 1. The van der Waals surface area contributed by atoms with Gasteiger partial charge in [-0.15, -0.1) is 23.7 Å². The van der Waals surface area contributed by atoms with Crippen LogP contribution in [-0.2, 0) is 16.0 Å². The molecule has 4 rings (SSSR count). The van der Waals surface area contributed by atoms with Crippen LogP contribution in [-0.4, -0.2) is 62.3 Å². The van der Waals surface area contributed by atoms with Crippen molar-refractivity contribution in [2.45, 2.75) is 12.8 Å². The number of carbonyl (C=O) groups excluding carboxylic acids is 1. The molecule has 0 bridgehead atoms. The van der Waals surface area contributed by atoms with E-state index in [4.69, 9.17) is 26.1 Å². The van der Waals surface area contributed by atoms with Crippen LogP contribution in [0.1, 0.15) is 11.3 Å². The van der Waals surface area contributed by atoms with E-state index in [1.807, 2.05) is 35.2 Å². The van der Waals surface area contributed by atoms with Crippen LogP contribution >= 0.6 is 46.7 Å². The summed E-state index contributed by atoms with van der Waals surface area (Å²) in [7, 11) is 1.64. The van der Waals surface area contributed by atoms with Crippen LogP contribution in [0.2, 0.25) is 4.34 Å². The fraction of sp³-hybridized carbons (Fsp3) is 0.429. The second kappa shape index (κ2) is 11.4. The van der Waals surface area contributed by atoms with Crippen LogP contribution in [0.4, 0.5) is 5.13 Å². The summed E-state index contributed by atoms with van der Waals surface area (Å²) in [5, 5.41) is 0.730. The lowest BCUT2D eigenvalue weighted by Gasteiger charge is -2.27. The minimum atomic E-state index is 0. The molecule has 0 saturated carbocycles. The summed E-state index contributed by atoms with van der Waals surface area (Å²) in [6, 6.07) is 9.57. The summed E-state index contributed by atoms with van der Waals surface area (Å²) in [5.74, 6) is 0.805. The lowest BCUT2D eigenvalue weighted by atomic mass is 10.3. The molecule has 1 aliphatic heterocycles. The number of thiophene rings is 1. The minimum absolute atomic E-state index is 0. The summed E-state index contributed by atoms with van der Waals surface area (Å²) in [5.41, 5.74) is 0.847. The second-order valence-corrected chi connectivity index (χ2v) is 9.87. The van der Waals surface area contributed by atoms with Crippen molar-refractivity contribution in [1.82, 2.24) is 9.88 Å². The van der Waals surface area contributed by atoms with Crippen molar-refractivity contribution in [3.63, 3.8) is 0 Å². The average Bonchev–Trinajstić information content (AvgIpc) is 3.36. The molecule has 0 radical (unpaired) electrons. The molecule has 0 atom stereocenters. The highest BCUT2D eigenvalue weighted by Gasteiger charge is 2.21. The Labute approximate surface area is 201 Å². The van der Waals surface area contributed by atoms with Gasteiger partial charge in [-0.05, 0) is 30.7 Å². The number of benzene rings is 1. The van der Waals surface area contributed by atoms with Gasteiger partial charge in [-0.3, -0.25) is 14.6 Å². The van der Waals surface area contributed by atoms with E-state index in [0.29, 0.717) is 17.3 Å². The Hall–Kier alpha value is -1.42. The van der Waals surface area contributed by atoms with Crippen molar-refractivity contribution in [2.75, 3.05) is 51.4 Å². The molecule has 1 amide bonds. The van der Waals surface area contributed by atoms with Gasteiger partial charge in [0.25, 0.3) is 0 Å². The van der Waals surface area contributed by atoms with Crippen LogP contribution in [0, 0.1) is 0 Å².